The van der Waals surface area contributed by atoms with Crippen molar-refractivity contribution < 1.29 is 27.2 Å². The van der Waals surface area contributed by atoms with Gasteiger partial charge >= 0.3 is 6.18 Å². The maximum Gasteiger partial charge on any atom is 0.450 e. The molecule has 1 heterocycles. The Balaban J connectivity index is 2.65. The van der Waals surface area contributed by atoms with E-state index in [-0.39, 0.29) is 11.6 Å². The third-order valence-electron chi connectivity index (χ3n) is 1.40. The van der Waals surface area contributed by atoms with Crippen LogP contribution in [-0.4, -0.2) is 24.2 Å². The van der Waals surface area contributed by atoms with Crippen molar-refractivity contribution >= 4 is 5.78 Å². The van der Waals surface area contributed by atoms with Gasteiger partial charge in [-0.2, -0.15) is 13.2 Å². The summed E-state index contributed by atoms with van der Waals surface area (Å²) in [5.41, 5.74) is 0. The number of hydrogen-bond acceptors (Lipinski definition) is 4. The molecule has 0 saturated heterocycles. The largest absolute Gasteiger partial charge is 0.479 e. The number of carbonyl (C=O) groups excluding carboxylic acids is 1. The molecule has 0 aliphatic carbocycles. The maximum atomic E-state index is 11.8. The molecule has 0 aromatic carbocycles. The Hall–Kier alpha value is -1.53. The van der Waals surface area contributed by atoms with Crippen LogP contribution in [-0.2, 0) is 11.2 Å². The molecule has 1 aromatic heterocycles. The van der Waals surface area contributed by atoms with E-state index in [1.165, 1.54) is 7.11 Å². The first kappa shape index (κ1) is 10.6. The first-order valence-corrected chi connectivity index (χ1v) is 3.53. The third kappa shape index (κ3) is 2.48. The summed E-state index contributed by atoms with van der Waals surface area (Å²) in [4.78, 5) is 10.5. The van der Waals surface area contributed by atoms with E-state index >= 15 is 0 Å². The van der Waals surface area contributed by atoms with Gasteiger partial charge in [0.05, 0.1) is 13.5 Å². The summed E-state index contributed by atoms with van der Waals surface area (Å²) in [5, 5.41) is 3.25. The number of halogens is 3. The monoisotopic (exact) mass is 209 g/mol. The molecule has 78 valence electrons. The average Bonchev–Trinajstić information content (AvgIpc) is 2.50. The fourth-order valence-electron chi connectivity index (χ4n) is 0.732. The minimum Gasteiger partial charge on any atom is -0.479 e. The van der Waals surface area contributed by atoms with Gasteiger partial charge in [0.15, 0.2) is 0 Å². The number of rotatable bonds is 3. The molecule has 0 saturated carbocycles. The lowest BCUT2D eigenvalue weighted by Gasteiger charge is -2.01. The van der Waals surface area contributed by atoms with Crippen molar-refractivity contribution in [3.8, 4) is 5.88 Å². The van der Waals surface area contributed by atoms with E-state index in [0.717, 1.165) is 6.07 Å². The van der Waals surface area contributed by atoms with Crippen LogP contribution in [0.1, 0.15) is 5.76 Å². The molecular weight excluding hydrogens is 203 g/mol. The lowest BCUT2D eigenvalue weighted by Crippen LogP contribution is -2.24. The predicted molar refractivity (Wildman–Crippen MR) is 37.8 cm³/mol. The molecule has 0 amide bonds. The summed E-state index contributed by atoms with van der Waals surface area (Å²) < 4.78 is 44.3. The molecule has 0 unspecified atom stereocenters. The van der Waals surface area contributed by atoms with Crippen molar-refractivity contribution in [1.82, 2.24) is 5.16 Å². The zero-order chi connectivity index (χ0) is 10.8. The van der Waals surface area contributed by atoms with Crippen molar-refractivity contribution in [2.24, 2.45) is 0 Å². The molecule has 0 N–H and O–H groups in total. The fraction of sp³-hybridized carbons (Fsp3) is 0.429. The number of hydrogen-bond donors (Lipinski definition) is 0. The zero-order valence-electron chi connectivity index (χ0n) is 7.09. The Morgan fingerprint density at radius 1 is 1.64 bits per heavy atom. The van der Waals surface area contributed by atoms with Crippen LogP contribution < -0.4 is 4.74 Å². The highest BCUT2D eigenvalue weighted by Gasteiger charge is 2.38. The van der Waals surface area contributed by atoms with Crippen molar-refractivity contribution in [1.29, 1.82) is 0 Å². The molecule has 0 aliphatic heterocycles. The Labute approximate surface area is 76.6 Å². The van der Waals surface area contributed by atoms with Gasteiger partial charge in [0.1, 0.15) is 5.76 Å². The van der Waals surface area contributed by atoms with E-state index in [1.807, 2.05) is 0 Å². The summed E-state index contributed by atoms with van der Waals surface area (Å²) in [7, 11) is 1.28. The highest BCUT2D eigenvalue weighted by molar-refractivity contribution is 5.85. The second kappa shape index (κ2) is 3.69. The van der Waals surface area contributed by atoms with Crippen molar-refractivity contribution in [3.05, 3.63) is 11.8 Å². The molecule has 4 nitrogen and oxygen atoms in total. The molecule has 0 radical (unpaired) electrons. The highest BCUT2D eigenvalue weighted by Crippen LogP contribution is 2.20. The number of alkyl halides is 3. The van der Waals surface area contributed by atoms with Crippen LogP contribution in [0.25, 0.3) is 0 Å². The molecule has 0 atom stereocenters. The molecule has 0 aliphatic rings. The van der Waals surface area contributed by atoms with Gasteiger partial charge in [-0.3, -0.25) is 4.79 Å². The van der Waals surface area contributed by atoms with Crippen molar-refractivity contribution in [2.75, 3.05) is 7.11 Å². The van der Waals surface area contributed by atoms with Crippen LogP contribution in [0.5, 0.6) is 5.88 Å². The summed E-state index contributed by atoms with van der Waals surface area (Å²) in [5.74, 6) is -2.02. The van der Waals surface area contributed by atoms with Crippen LogP contribution in [0, 0.1) is 0 Å². The Morgan fingerprint density at radius 2 is 2.29 bits per heavy atom. The quantitative estimate of drug-likeness (QED) is 0.754. The topological polar surface area (TPSA) is 52.3 Å². The van der Waals surface area contributed by atoms with Crippen LogP contribution in [0.15, 0.2) is 10.6 Å². The number of Topliss-reactive ketones (excluding diaryl/α,β-unsaturated/α-hetero) is 1. The minimum atomic E-state index is -4.85. The summed E-state index contributed by atoms with van der Waals surface area (Å²) in [6, 6.07) is 1.13. The normalized spacial score (nSPS) is 11.4. The van der Waals surface area contributed by atoms with E-state index in [0.29, 0.717) is 0 Å². The van der Waals surface area contributed by atoms with E-state index < -0.39 is 18.4 Å². The fourth-order valence-corrected chi connectivity index (χ4v) is 0.732. The summed E-state index contributed by atoms with van der Waals surface area (Å²) >= 11 is 0. The van der Waals surface area contributed by atoms with Crippen molar-refractivity contribution in [3.63, 3.8) is 0 Å². The smallest absolute Gasteiger partial charge is 0.450 e. The molecule has 7 heteroatoms. The second-order valence-corrected chi connectivity index (χ2v) is 2.43. The molecule has 0 bridgehead atoms. The van der Waals surface area contributed by atoms with Gasteiger partial charge in [0.2, 0.25) is 5.78 Å². The van der Waals surface area contributed by atoms with Gasteiger partial charge in [-0.25, -0.2) is 0 Å². The van der Waals surface area contributed by atoms with Crippen LogP contribution in [0.3, 0.4) is 0 Å². The molecule has 1 aromatic rings. The minimum absolute atomic E-state index is 0.0370. The molecule has 14 heavy (non-hydrogen) atoms. The standard InChI is InChI=1S/C7H6F3NO3/c1-13-6-3-4(14-11-6)2-5(12)7(8,9)10/h3H,2H2,1H3. The number of methoxy groups -OCH3 is 1. The van der Waals surface area contributed by atoms with E-state index in [4.69, 9.17) is 0 Å². The zero-order valence-corrected chi connectivity index (χ0v) is 7.09. The predicted octanol–water partition coefficient (Wildman–Crippen LogP) is 1.36. The Bertz CT molecular complexity index is 331. The second-order valence-electron chi connectivity index (χ2n) is 2.43. The highest BCUT2D eigenvalue weighted by atomic mass is 19.4. The summed E-state index contributed by atoms with van der Waals surface area (Å²) in [6.45, 7) is 0. The van der Waals surface area contributed by atoms with Gasteiger partial charge in [-0.1, -0.05) is 0 Å². The van der Waals surface area contributed by atoms with Gasteiger partial charge in [0.25, 0.3) is 5.88 Å². The van der Waals surface area contributed by atoms with Gasteiger partial charge in [-0.15, -0.1) is 0 Å². The number of carbonyl (C=O) groups is 1. The number of ether oxygens (including phenoxy) is 1. The molecule has 0 fully saturated rings. The molecule has 0 spiro atoms. The first-order chi connectivity index (χ1) is 6.43. The number of aromatic nitrogens is 1. The van der Waals surface area contributed by atoms with E-state index in [9.17, 15) is 18.0 Å². The average molecular weight is 209 g/mol. The Morgan fingerprint density at radius 3 is 2.71 bits per heavy atom. The number of ketones is 1. The maximum absolute atomic E-state index is 11.8. The van der Waals surface area contributed by atoms with E-state index in [1.54, 1.807) is 0 Å². The number of nitrogens with zero attached hydrogens (tertiary/aromatic N) is 1. The molecule has 1 rings (SSSR count). The lowest BCUT2D eigenvalue weighted by molar-refractivity contribution is -0.170. The molecular formula is C7H6F3NO3. The summed E-state index contributed by atoms with van der Waals surface area (Å²) in [6.07, 6.45) is -5.71. The van der Waals surface area contributed by atoms with E-state index in [2.05, 4.69) is 14.4 Å². The lowest BCUT2D eigenvalue weighted by atomic mass is 10.2. The van der Waals surface area contributed by atoms with Crippen LogP contribution >= 0.6 is 0 Å². The van der Waals surface area contributed by atoms with Gasteiger partial charge in [0, 0.05) is 6.07 Å². The van der Waals surface area contributed by atoms with Crippen molar-refractivity contribution in [2.45, 2.75) is 12.6 Å². The van der Waals surface area contributed by atoms with Crippen LogP contribution in [0.2, 0.25) is 0 Å². The van der Waals surface area contributed by atoms with Gasteiger partial charge < -0.3 is 9.26 Å². The first-order valence-electron chi connectivity index (χ1n) is 3.53. The Kier molecular flexibility index (Phi) is 2.78. The van der Waals surface area contributed by atoms with Crippen LogP contribution in [0.4, 0.5) is 13.2 Å². The van der Waals surface area contributed by atoms with Gasteiger partial charge in [-0.05, 0) is 5.16 Å². The third-order valence-corrected chi connectivity index (χ3v) is 1.40. The SMILES string of the molecule is COc1cc(CC(=O)C(F)(F)F)on1.